The summed E-state index contributed by atoms with van der Waals surface area (Å²) in [5.41, 5.74) is 1.31. The summed E-state index contributed by atoms with van der Waals surface area (Å²) in [6.45, 7) is 0.229. The number of Topliss-reactive ketones (excluding diaryl/α,β-unsaturated/α-hetero) is 1. The minimum atomic E-state index is -1.11. The van der Waals surface area contributed by atoms with E-state index in [1.807, 2.05) is 30.3 Å². The fourth-order valence-electron chi connectivity index (χ4n) is 2.83. The Kier molecular flexibility index (Phi) is 4.42. The van der Waals surface area contributed by atoms with Crippen molar-refractivity contribution in [3.05, 3.63) is 71.8 Å². The van der Waals surface area contributed by atoms with Crippen LogP contribution in [0.5, 0.6) is 0 Å². The highest BCUT2D eigenvalue weighted by molar-refractivity contribution is 6.16. The van der Waals surface area contributed by atoms with Crippen molar-refractivity contribution in [2.24, 2.45) is 0 Å². The first-order chi connectivity index (χ1) is 11.6. The van der Waals surface area contributed by atoms with Crippen molar-refractivity contribution < 1.29 is 14.4 Å². The highest BCUT2D eigenvalue weighted by atomic mass is 16.2. The minimum absolute atomic E-state index is 0.00969. The van der Waals surface area contributed by atoms with Gasteiger partial charge in [0.05, 0.1) is 6.54 Å². The molecule has 5 heteroatoms. The van der Waals surface area contributed by atoms with Crippen LogP contribution in [0.15, 0.2) is 60.7 Å². The molecule has 0 saturated carbocycles. The van der Waals surface area contributed by atoms with Crippen molar-refractivity contribution in [3.63, 3.8) is 0 Å². The maximum Gasteiger partial charge on any atom is 0.253 e. The summed E-state index contributed by atoms with van der Waals surface area (Å²) in [5, 5.41) is 0. The molecule has 1 saturated heterocycles. The zero-order chi connectivity index (χ0) is 17.1. The lowest BCUT2D eigenvalue weighted by molar-refractivity contribution is -0.152. The molecular weight excluding hydrogens is 304 g/mol. The molecule has 0 radical (unpaired) electrons. The summed E-state index contributed by atoms with van der Waals surface area (Å²) >= 11 is 0. The average molecular weight is 322 g/mol. The zero-order valence-electron chi connectivity index (χ0n) is 13.4. The standard InChI is InChI=1S/C19H18N2O3/c1-20-13-16(22)21(12-14-8-4-2-5-9-14)17(19(20)24)18(23)15-10-6-3-7-11-15/h2-11,17H,12-13H2,1H3. The molecule has 1 aliphatic heterocycles. The Bertz CT molecular complexity index is 759. The molecule has 1 unspecified atom stereocenters. The number of amides is 2. The number of carbonyl (C=O) groups excluding carboxylic acids is 3. The SMILES string of the molecule is CN1CC(=O)N(Cc2ccccc2)C(C(=O)c2ccccc2)C1=O. The van der Waals surface area contributed by atoms with Gasteiger partial charge in [0.1, 0.15) is 0 Å². The monoisotopic (exact) mass is 322 g/mol. The first kappa shape index (κ1) is 15.9. The van der Waals surface area contributed by atoms with Gasteiger partial charge in [0.25, 0.3) is 5.91 Å². The van der Waals surface area contributed by atoms with Crippen molar-refractivity contribution >= 4 is 17.6 Å². The second-order valence-electron chi connectivity index (χ2n) is 5.83. The number of rotatable bonds is 4. The number of likely N-dealkylation sites (N-methyl/N-ethyl adjacent to an activating group) is 1. The number of piperazine rings is 1. The lowest BCUT2D eigenvalue weighted by atomic mass is 9.99. The molecule has 1 aliphatic rings. The van der Waals surface area contributed by atoms with Gasteiger partial charge in [-0.1, -0.05) is 60.7 Å². The number of nitrogens with zero attached hydrogens (tertiary/aromatic N) is 2. The molecule has 0 bridgehead atoms. The summed E-state index contributed by atoms with van der Waals surface area (Å²) in [4.78, 5) is 40.6. The van der Waals surface area contributed by atoms with Gasteiger partial charge in [0.15, 0.2) is 11.8 Å². The molecular formula is C19H18N2O3. The van der Waals surface area contributed by atoms with E-state index < -0.39 is 6.04 Å². The van der Waals surface area contributed by atoms with Crippen LogP contribution in [0.4, 0.5) is 0 Å². The third-order valence-corrected chi connectivity index (χ3v) is 4.12. The predicted molar refractivity (Wildman–Crippen MR) is 89.2 cm³/mol. The highest BCUT2D eigenvalue weighted by Crippen LogP contribution is 2.19. The Morgan fingerprint density at radius 3 is 2.21 bits per heavy atom. The van der Waals surface area contributed by atoms with Gasteiger partial charge >= 0.3 is 0 Å². The highest BCUT2D eigenvalue weighted by Gasteiger charge is 2.42. The molecule has 0 N–H and O–H groups in total. The summed E-state index contributed by atoms with van der Waals surface area (Å²) < 4.78 is 0. The molecule has 2 aromatic carbocycles. The third-order valence-electron chi connectivity index (χ3n) is 4.12. The Morgan fingerprint density at radius 2 is 1.58 bits per heavy atom. The Labute approximate surface area is 140 Å². The topological polar surface area (TPSA) is 57.7 Å². The molecule has 0 aliphatic carbocycles. The number of benzene rings is 2. The number of ketones is 1. The van der Waals surface area contributed by atoms with Crippen LogP contribution in [0.2, 0.25) is 0 Å². The first-order valence-corrected chi connectivity index (χ1v) is 7.75. The fourth-order valence-corrected chi connectivity index (χ4v) is 2.83. The molecule has 0 aromatic heterocycles. The van der Waals surface area contributed by atoms with Gasteiger partial charge in [-0.25, -0.2) is 0 Å². The Hall–Kier alpha value is -2.95. The van der Waals surface area contributed by atoms with Crippen molar-refractivity contribution in [2.75, 3.05) is 13.6 Å². The second-order valence-corrected chi connectivity index (χ2v) is 5.83. The predicted octanol–water partition coefficient (Wildman–Crippen LogP) is 1.74. The summed E-state index contributed by atoms with van der Waals surface area (Å²) in [6.07, 6.45) is 0. The van der Waals surface area contributed by atoms with Crippen LogP contribution in [0.1, 0.15) is 15.9 Å². The quantitative estimate of drug-likeness (QED) is 0.636. The molecule has 2 aromatic rings. The van der Waals surface area contributed by atoms with E-state index >= 15 is 0 Å². The summed E-state index contributed by atoms with van der Waals surface area (Å²) in [6, 6.07) is 16.9. The average Bonchev–Trinajstić information content (AvgIpc) is 2.61. The zero-order valence-corrected chi connectivity index (χ0v) is 13.4. The second kappa shape index (κ2) is 6.66. The molecule has 1 atom stereocenters. The van der Waals surface area contributed by atoms with E-state index in [1.165, 1.54) is 9.80 Å². The number of hydrogen-bond acceptors (Lipinski definition) is 3. The minimum Gasteiger partial charge on any atom is -0.334 e. The smallest absolute Gasteiger partial charge is 0.253 e. The van der Waals surface area contributed by atoms with Crippen molar-refractivity contribution in [1.29, 1.82) is 0 Å². The molecule has 3 rings (SSSR count). The van der Waals surface area contributed by atoms with E-state index in [2.05, 4.69) is 0 Å². The van der Waals surface area contributed by atoms with Gasteiger partial charge < -0.3 is 9.80 Å². The molecule has 1 fully saturated rings. The van der Waals surface area contributed by atoms with Gasteiger partial charge in [-0.3, -0.25) is 14.4 Å². The lowest BCUT2D eigenvalue weighted by Crippen LogP contribution is -2.61. The van der Waals surface area contributed by atoms with Crippen molar-refractivity contribution in [1.82, 2.24) is 9.80 Å². The molecule has 122 valence electrons. The van der Waals surface area contributed by atoms with Gasteiger partial charge in [-0.2, -0.15) is 0 Å². The Balaban J connectivity index is 1.95. The molecule has 5 nitrogen and oxygen atoms in total. The Morgan fingerprint density at radius 1 is 1.00 bits per heavy atom. The van der Waals surface area contributed by atoms with Crippen LogP contribution in [-0.4, -0.2) is 47.0 Å². The summed E-state index contributed by atoms with van der Waals surface area (Å²) in [7, 11) is 1.55. The van der Waals surface area contributed by atoms with Crippen LogP contribution in [0.3, 0.4) is 0 Å². The van der Waals surface area contributed by atoms with Gasteiger partial charge in [-0.05, 0) is 5.56 Å². The number of carbonyl (C=O) groups is 3. The lowest BCUT2D eigenvalue weighted by Gasteiger charge is -2.38. The van der Waals surface area contributed by atoms with E-state index in [0.717, 1.165) is 5.56 Å². The van der Waals surface area contributed by atoms with Crippen LogP contribution in [-0.2, 0) is 16.1 Å². The molecule has 24 heavy (non-hydrogen) atoms. The van der Waals surface area contributed by atoms with E-state index in [1.54, 1.807) is 37.4 Å². The van der Waals surface area contributed by atoms with E-state index in [-0.39, 0.29) is 30.7 Å². The fraction of sp³-hybridized carbons (Fsp3) is 0.211. The third kappa shape index (κ3) is 3.06. The molecule has 1 heterocycles. The van der Waals surface area contributed by atoms with Crippen LogP contribution in [0.25, 0.3) is 0 Å². The maximum absolute atomic E-state index is 12.9. The molecule has 0 spiro atoms. The summed E-state index contributed by atoms with van der Waals surface area (Å²) in [5.74, 6) is -0.925. The van der Waals surface area contributed by atoms with Crippen LogP contribution in [0, 0.1) is 0 Å². The molecule has 2 amide bonds. The number of hydrogen-bond donors (Lipinski definition) is 0. The van der Waals surface area contributed by atoms with Gasteiger partial charge in [-0.15, -0.1) is 0 Å². The first-order valence-electron chi connectivity index (χ1n) is 7.75. The van der Waals surface area contributed by atoms with E-state index in [0.29, 0.717) is 5.56 Å². The van der Waals surface area contributed by atoms with Crippen LogP contribution >= 0.6 is 0 Å². The van der Waals surface area contributed by atoms with Crippen molar-refractivity contribution in [3.8, 4) is 0 Å². The van der Waals surface area contributed by atoms with Gasteiger partial charge in [0, 0.05) is 19.2 Å². The van der Waals surface area contributed by atoms with Crippen LogP contribution < -0.4 is 0 Å². The van der Waals surface area contributed by atoms with Gasteiger partial charge in [0.2, 0.25) is 5.91 Å². The largest absolute Gasteiger partial charge is 0.334 e. The normalized spacial score (nSPS) is 18.0. The van der Waals surface area contributed by atoms with Crippen molar-refractivity contribution in [2.45, 2.75) is 12.6 Å². The van der Waals surface area contributed by atoms with E-state index in [9.17, 15) is 14.4 Å². The maximum atomic E-state index is 12.9. The van der Waals surface area contributed by atoms with E-state index in [4.69, 9.17) is 0 Å².